The summed E-state index contributed by atoms with van der Waals surface area (Å²) < 4.78 is 5.10. The van der Waals surface area contributed by atoms with Gasteiger partial charge in [0.2, 0.25) is 5.88 Å². The van der Waals surface area contributed by atoms with E-state index in [1.165, 1.54) is 12.8 Å². The lowest BCUT2D eigenvalue weighted by Gasteiger charge is -2.20. The molecule has 88 valence electrons. The minimum Gasteiger partial charge on any atom is -0.481 e. The molecule has 1 aromatic heterocycles. The summed E-state index contributed by atoms with van der Waals surface area (Å²) in [4.78, 5) is 4.09. The van der Waals surface area contributed by atoms with Crippen LogP contribution in [0.25, 0.3) is 0 Å². The standard InChI is InChI=1S/C13H20N2O/c1-10(2)13(5-6-13)9-15-11-4-7-14-12(8-11)16-3/h4,7-8,10H,5-6,9H2,1-3H3,(H,14,15). The van der Waals surface area contributed by atoms with Crippen LogP contribution in [0.3, 0.4) is 0 Å². The zero-order valence-electron chi connectivity index (χ0n) is 10.3. The van der Waals surface area contributed by atoms with Crippen molar-refractivity contribution in [2.75, 3.05) is 19.0 Å². The molecule has 1 aromatic rings. The highest BCUT2D eigenvalue weighted by molar-refractivity contribution is 5.45. The topological polar surface area (TPSA) is 34.1 Å². The maximum absolute atomic E-state index is 5.10. The van der Waals surface area contributed by atoms with Crippen molar-refractivity contribution in [3.63, 3.8) is 0 Å². The van der Waals surface area contributed by atoms with Gasteiger partial charge in [0.05, 0.1) is 7.11 Å². The van der Waals surface area contributed by atoms with Gasteiger partial charge in [0.1, 0.15) is 0 Å². The van der Waals surface area contributed by atoms with E-state index in [0.29, 0.717) is 11.3 Å². The maximum Gasteiger partial charge on any atom is 0.214 e. The van der Waals surface area contributed by atoms with Crippen LogP contribution in [0.2, 0.25) is 0 Å². The fourth-order valence-corrected chi connectivity index (χ4v) is 2.03. The van der Waals surface area contributed by atoms with Crippen molar-refractivity contribution in [3.05, 3.63) is 18.3 Å². The number of nitrogens with zero attached hydrogens (tertiary/aromatic N) is 1. The summed E-state index contributed by atoms with van der Waals surface area (Å²) in [5, 5.41) is 3.48. The molecule has 3 nitrogen and oxygen atoms in total. The Morgan fingerprint density at radius 2 is 2.25 bits per heavy atom. The number of hydrogen-bond acceptors (Lipinski definition) is 3. The molecule has 1 saturated carbocycles. The minimum atomic E-state index is 0.524. The second kappa shape index (κ2) is 4.32. The van der Waals surface area contributed by atoms with Crippen LogP contribution in [0.1, 0.15) is 26.7 Å². The molecular weight excluding hydrogens is 200 g/mol. The average molecular weight is 220 g/mol. The van der Waals surface area contributed by atoms with Crippen LogP contribution >= 0.6 is 0 Å². The molecule has 0 aromatic carbocycles. The molecule has 2 rings (SSSR count). The van der Waals surface area contributed by atoms with Crippen molar-refractivity contribution in [1.29, 1.82) is 0 Å². The van der Waals surface area contributed by atoms with E-state index >= 15 is 0 Å². The molecule has 0 unspecified atom stereocenters. The van der Waals surface area contributed by atoms with E-state index in [9.17, 15) is 0 Å². The molecule has 0 atom stereocenters. The first-order valence-corrected chi connectivity index (χ1v) is 5.90. The predicted molar refractivity (Wildman–Crippen MR) is 65.8 cm³/mol. The van der Waals surface area contributed by atoms with Gasteiger partial charge in [0.15, 0.2) is 0 Å². The Labute approximate surface area is 97.2 Å². The second-order valence-electron chi connectivity index (χ2n) is 4.96. The Kier molecular flexibility index (Phi) is 3.03. The van der Waals surface area contributed by atoms with Gasteiger partial charge in [-0.15, -0.1) is 0 Å². The monoisotopic (exact) mass is 220 g/mol. The van der Waals surface area contributed by atoms with Crippen LogP contribution < -0.4 is 10.1 Å². The number of rotatable bonds is 5. The zero-order chi connectivity index (χ0) is 11.6. The van der Waals surface area contributed by atoms with Gasteiger partial charge in [0.25, 0.3) is 0 Å². The molecule has 0 radical (unpaired) electrons. The highest BCUT2D eigenvalue weighted by atomic mass is 16.5. The van der Waals surface area contributed by atoms with Crippen LogP contribution in [-0.2, 0) is 0 Å². The van der Waals surface area contributed by atoms with Crippen LogP contribution in [0.4, 0.5) is 5.69 Å². The number of methoxy groups -OCH3 is 1. The lowest BCUT2D eigenvalue weighted by molar-refractivity contribution is 0.379. The highest BCUT2D eigenvalue weighted by Gasteiger charge is 2.44. The molecule has 3 heteroatoms. The highest BCUT2D eigenvalue weighted by Crippen LogP contribution is 2.51. The Hall–Kier alpha value is -1.25. The first kappa shape index (κ1) is 11.2. The predicted octanol–water partition coefficient (Wildman–Crippen LogP) is 2.94. The molecule has 0 saturated heterocycles. The van der Waals surface area contributed by atoms with Crippen molar-refractivity contribution in [1.82, 2.24) is 4.98 Å². The van der Waals surface area contributed by atoms with Gasteiger partial charge < -0.3 is 10.1 Å². The lowest BCUT2D eigenvalue weighted by Crippen LogP contribution is -2.20. The maximum atomic E-state index is 5.10. The van der Waals surface area contributed by atoms with E-state index in [1.54, 1.807) is 13.3 Å². The van der Waals surface area contributed by atoms with E-state index in [0.717, 1.165) is 18.2 Å². The van der Waals surface area contributed by atoms with E-state index in [-0.39, 0.29) is 0 Å². The number of nitrogens with one attached hydrogen (secondary N) is 1. The van der Waals surface area contributed by atoms with Gasteiger partial charge in [-0.05, 0) is 30.2 Å². The number of anilines is 1. The first-order chi connectivity index (χ1) is 7.66. The summed E-state index contributed by atoms with van der Waals surface area (Å²) >= 11 is 0. The Morgan fingerprint density at radius 3 is 2.81 bits per heavy atom. The van der Waals surface area contributed by atoms with Crippen LogP contribution in [0, 0.1) is 11.3 Å². The number of pyridine rings is 1. The van der Waals surface area contributed by atoms with Crippen LogP contribution in [0.15, 0.2) is 18.3 Å². The molecule has 0 spiro atoms. The SMILES string of the molecule is COc1cc(NCC2(C(C)C)CC2)ccn1. The summed E-state index contributed by atoms with van der Waals surface area (Å²) in [5.74, 6) is 1.42. The van der Waals surface area contributed by atoms with Gasteiger partial charge in [-0.25, -0.2) is 4.98 Å². The lowest BCUT2D eigenvalue weighted by atomic mass is 9.92. The fraction of sp³-hybridized carbons (Fsp3) is 0.615. The average Bonchev–Trinajstić information content (AvgIpc) is 3.08. The second-order valence-corrected chi connectivity index (χ2v) is 4.96. The Balaban J connectivity index is 1.94. The molecule has 1 aliphatic carbocycles. The Bertz CT molecular complexity index is 359. The number of ether oxygens (including phenoxy) is 1. The van der Waals surface area contributed by atoms with Crippen LogP contribution in [0.5, 0.6) is 5.88 Å². The third-order valence-corrected chi connectivity index (χ3v) is 3.71. The number of hydrogen-bond donors (Lipinski definition) is 1. The molecule has 1 heterocycles. The molecule has 1 N–H and O–H groups in total. The largest absolute Gasteiger partial charge is 0.481 e. The summed E-state index contributed by atoms with van der Waals surface area (Å²) in [5.41, 5.74) is 1.62. The third-order valence-electron chi connectivity index (χ3n) is 3.71. The van der Waals surface area contributed by atoms with E-state index in [1.807, 2.05) is 12.1 Å². The van der Waals surface area contributed by atoms with Gasteiger partial charge in [-0.3, -0.25) is 0 Å². The smallest absolute Gasteiger partial charge is 0.214 e. The van der Waals surface area contributed by atoms with Gasteiger partial charge in [0, 0.05) is 24.5 Å². The van der Waals surface area contributed by atoms with Crippen LogP contribution in [-0.4, -0.2) is 18.6 Å². The molecule has 16 heavy (non-hydrogen) atoms. The molecule has 1 aliphatic rings. The zero-order valence-corrected chi connectivity index (χ0v) is 10.3. The molecular formula is C13H20N2O. The first-order valence-electron chi connectivity index (χ1n) is 5.90. The minimum absolute atomic E-state index is 0.524. The normalized spacial score (nSPS) is 17.2. The van der Waals surface area contributed by atoms with E-state index < -0.39 is 0 Å². The number of aromatic nitrogens is 1. The summed E-state index contributed by atoms with van der Waals surface area (Å²) in [6.07, 6.45) is 4.47. The summed E-state index contributed by atoms with van der Waals surface area (Å²) in [6, 6.07) is 3.93. The van der Waals surface area contributed by atoms with E-state index in [4.69, 9.17) is 4.74 Å². The third kappa shape index (κ3) is 2.29. The Morgan fingerprint density at radius 1 is 1.50 bits per heavy atom. The summed E-state index contributed by atoms with van der Waals surface area (Å²) in [6.45, 7) is 5.67. The van der Waals surface area contributed by atoms with Gasteiger partial charge >= 0.3 is 0 Å². The van der Waals surface area contributed by atoms with Crippen molar-refractivity contribution < 1.29 is 4.74 Å². The fourth-order valence-electron chi connectivity index (χ4n) is 2.03. The quantitative estimate of drug-likeness (QED) is 0.828. The van der Waals surface area contributed by atoms with Crippen molar-refractivity contribution >= 4 is 5.69 Å². The van der Waals surface area contributed by atoms with Crippen molar-refractivity contribution in [3.8, 4) is 5.88 Å². The van der Waals surface area contributed by atoms with Crippen molar-refractivity contribution in [2.45, 2.75) is 26.7 Å². The molecule has 1 fully saturated rings. The molecule has 0 amide bonds. The van der Waals surface area contributed by atoms with Gasteiger partial charge in [-0.1, -0.05) is 13.8 Å². The molecule has 0 aliphatic heterocycles. The molecule has 0 bridgehead atoms. The van der Waals surface area contributed by atoms with E-state index in [2.05, 4.69) is 24.1 Å². The van der Waals surface area contributed by atoms with Gasteiger partial charge in [-0.2, -0.15) is 0 Å². The van der Waals surface area contributed by atoms with Crippen molar-refractivity contribution in [2.24, 2.45) is 11.3 Å². The summed E-state index contributed by atoms with van der Waals surface area (Å²) in [7, 11) is 1.64.